The molecule has 23 heavy (non-hydrogen) atoms. The van der Waals surface area contributed by atoms with E-state index in [1.807, 2.05) is 0 Å². The zero-order valence-electron chi connectivity index (χ0n) is 12.8. The topological polar surface area (TPSA) is 67.2 Å². The minimum Gasteiger partial charge on any atom is -0.396 e. The van der Waals surface area contributed by atoms with Crippen LogP contribution in [0.2, 0.25) is 0 Å². The molecule has 1 aromatic heterocycles. The maximum atomic E-state index is 14.1. The molecule has 0 radical (unpaired) electrons. The number of aryl methyl sites for hydroxylation is 1. The third-order valence-electron chi connectivity index (χ3n) is 3.47. The summed E-state index contributed by atoms with van der Waals surface area (Å²) in [5, 5.41) is 11.3. The van der Waals surface area contributed by atoms with Crippen LogP contribution in [0.15, 0.2) is 41.3 Å². The summed E-state index contributed by atoms with van der Waals surface area (Å²) < 4.78 is 29.7. The summed E-state index contributed by atoms with van der Waals surface area (Å²) in [6.07, 6.45) is 1.85. The number of nitrogens with zero attached hydrogens (tertiary/aromatic N) is 2. The fourth-order valence-electron chi connectivity index (χ4n) is 2.18. The third kappa shape index (κ3) is 4.13. The van der Waals surface area contributed by atoms with Crippen molar-refractivity contribution in [2.24, 2.45) is 0 Å². The standard InChI is InChI=1S/C16H19F2N3O2/c1-12-10-19-14(15(23)21(12)8-5-9-22)20-11-16(17,18)13-6-3-2-4-7-13/h2-4,6-7,10,22H,5,8-9,11H2,1H3,(H,19,20). The van der Waals surface area contributed by atoms with E-state index in [-0.39, 0.29) is 18.0 Å². The number of anilines is 1. The molecule has 2 rings (SSSR count). The molecule has 0 aliphatic rings. The maximum Gasteiger partial charge on any atom is 0.293 e. The van der Waals surface area contributed by atoms with E-state index in [4.69, 9.17) is 5.11 Å². The third-order valence-corrected chi connectivity index (χ3v) is 3.47. The van der Waals surface area contributed by atoms with Crippen molar-refractivity contribution in [2.45, 2.75) is 25.8 Å². The molecule has 5 nitrogen and oxygen atoms in total. The average Bonchev–Trinajstić information content (AvgIpc) is 2.55. The molecular weight excluding hydrogens is 304 g/mol. The molecule has 0 aliphatic heterocycles. The highest BCUT2D eigenvalue weighted by atomic mass is 19.3. The van der Waals surface area contributed by atoms with Gasteiger partial charge in [-0.2, -0.15) is 8.78 Å². The largest absolute Gasteiger partial charge is 0.396 e. The number of hydrogen-bond acceptors (Lipinski definition) is 4. The highest BCUT2D eigenvalue weighted by molar-refractivity contribution is 5.33. The molecule has 0 atom stereocenters. The molecule has 0 fully saturated rings. The van der Waals surface area contributed by atoms with Crippen molar-refractivity contribution >= 4 is 5.82 Å². The molecule has 1 aromatic carbocycles. The van der Waals surface area contributed by atoms with Gasteiger partial charge in [-0.25, -0.2) is 4.98 Å². The number of aliphatic hydroxyl groups excluding tert-OH is 1. The quantitative estimate of drug-likeness (QED) is 0.819. The van der Waals surface area contributed by atoms with Crippen molar-refractivity contribution in [1.29, 1.82) is 0 Å². The van der Waals surface area contributed by atoms with Gasteiger partial charge in [0.15, 0.2) is 5.82 Å². The summed E-state index contributed by atoms with van der Waals surface area (Å²) in [5.41, 5.74) is 0.0198. The van der Waals surface area contributed by atoms with Crippen LogP contribution >= 0.6 is 0 Å². The van der Waals surface area contributed by atoms with Gasteiger partial charge in [-0.1, -0.05) is 30.3 Å². The van der Waals surface area contributed by atoms with E-state index in [2.05, 4.69) is 10.3 Å². The Balaban J connectivity index is 2.16. The lowest BCUT2D eigenvalue weighted by Crippen LogP contribution is -2.31. The number of nitrogens with one attached hydrogen (secondary N) is 1. The van der Waals surface area contributed by atoms with E-state index in [1.165, 1.54) is 35.0 Å². The summed E-state index contributed by atoms with van der Waals surface area (Å²) in [6.45, 7) is 1.24. The first-order chi connectivity index (χ1) is 11.0. The van der Waals surface area contributed by atoms with Crippen LogP contribution in [0.25, 0.3) is 0 Å². The lowest BCUT2D eigenvalue weighted by Gasteiger charge is -2.18. The van der Waals surface area contributed by atoms with E-state index in [9.17, 15) is 13.6 Å². The number of hydrogen-bond donors (Lipinski definition) is 2. The number of rotatable bonds is 7. The molecule has 7 heteroatoms. The second-order valence-corrected chi connectivity index (χ2v) is 5.21. The van der Waals surface area contributed by atoms with Crippen molar-refractivity contribution in [2.75, 3.05) is 18.5 Å². The van der Waals surface area contributed by atoms with Crippen LogP contribution in [-0.4, -0.2) is 27.8 Å². The Hall–Kier alpha value is -2.28. The summed E-state index contributed by atoms with van der Waals surface area (Å²) in [4.78, 5) is 16.2. The second-order valence-electron chi connectivity index (χ2n) is 5.21. The molecule has 2 N–H and O–H groups in total. The first-order valence-electron chi connectivity index (χ1n) is 7.30. The molecular formula is C16H19F2N3O2. The van der Waals surface area contributed by atoms with Gasteiger partial charge in [0, 0.05) is 30.6 Å². The van der Waals surface area contributed by atoms with Gasteiger partial charge in [0.1, 0.15) is 0 Å². The smallest absolute Gasteiger partial charge is 0.293 e. The fourth-order valence-corrected chi connectivity index (χ4v) is 2.18. The van der Waals surface area contributed by atoms with Crippen LogP contribution in [-0.2, 0) is 12.5 Å². The van der Waals surface area contributed by atoms with Crippen LogP contribution in [0.4, 0.5) is 14.6 Å². The Morgan fingerprint density at radius 2 is 2.00 bits per heavy atom. The van der Waals surface area contributed by atoms with Gasteiger partial charge in [0.05, 0.1) is 6.54 Å². The molecule has 0 unspecified atom stereocenters. The molecule has 0 bridgehead atoms. The van der Waals surface area contributed by atoms with Crippen molar-refractivity contribution in [3.63, 3.8) is 0 Å². The minimum atomic E-state index is -3.11. The minimum absolute atomic E-state index is 0.0525. The molecule has 0 saturated carbocycles. The molecule has 0 amide bonds. The van der Waals surface area contributed by atoms with Crippen LogP contribution in [0.5, 0.6) is 0 Å². The summed E-state index contributed by atoms with van der Waals surface area (Å²) in [7, 11) is 0. The number of aliphatic hydroxyl groups is 1. The van der Waals surface area contributed by atoms with Crippen LogP contribution in [0, 0.1) is 6.92 Å². The average molecular weight is 323 g/mol. The van der Waals surface area contributed by atoms with Crippen molar-refractivity contribution in [1.82, 2.24) is 9.55 Å². The zero-order valence-corrected chi connectivity index (χ0v) is 12.8. The van der Waals surface area contributed by atoms with Crippen molar-refractivity contribution < 1.29 is 13.9 Å². The number of aromatic nitrogens is 2. The number of benzene rings is 1. The van der Waals surface area contributed by atoms with Crippen molar-refractivity contribution in [3.8, 4) is 0 Å². The van der Waals surface area contributed by atoms with Crippen LogP contribution in [0.3, 0.4) is 0 Å². The number of halogens is 2. The van der Waals surface area contributed by atoms with Crippen molar-refractivity contribution in [3.05, 3.63) is 58.1 Å². The Morgan fingerprint density at radius 1 is 1.30 bits per heavy atom. The van der Waals surface area contributed by atoms with Crippen LogP contribution in [0.1, 0.15) is 17.7 Å². The van der Waals surface area contributed by atoms with Gasteiger partial charge in [0.2, 0.25) is 0 Å². The summed E-state index contributed by atoms with van der Waals surface area (Å²) >= 11 is 0. The molecule has 0 saturated heterocycles. The second kappa shape index (κ2) is 7.32. The lowest BCUT2D eigenvalue weighted by molar-refractivity contribution is 0.0105. The van der Waals surface area contributed by atoms with E-state index < -0.39 is 18.0 Å². The highest BCUT2D eigenvalue weighted by Crippen LogP contribution is 2.27. The van der Waals surface area contributed by atoms with Gasteiger partial charge in [0.25, 0.3) is 11.5 Å². The Labute approximate surface area is 132 Å². The normalized spacial score (nSPS) is 11.5. The molecule has 0 aliphatic carbocycles. The first-order valence-corrected chi connectivity index (χ1v) is 7.30. The highest BCUT2D eigenvalue weighted by Gasteiger charge is 2.31. The van der Waals surface area contributed by atoms with Gasteiger partial charge in [-0.05, 0) is 13.3 Å². The van der Waals surface area contributed by atoms with E-state index in [1.54, 1.807) is 13.0 Å². The maximum absolute atomic E-state index is 14.1. The Morgan fingerprint density at radius 3 is 2.65 bits per heavy atom. The molecule has 0 spiro atoms. The molecule has 1 heterocycles. The molecule has 124 valence electrons. The fraction of sp³-hybridized carbons (Fsp3) is 0.375. The van der Waals surface area contributed by atoms with Gasteiger partial charge < -0.3 is 15.0 Å². The Kier molecular flexibility index (Phi) is 5.44. The zero-order chi connectivity index (χ0) is 16.9. The SMILES string of the molecule is Cc1cnc(NCC(F)(F)c2ccccc2)c(=O)n1CCCO. The summed E-state index contributed by atoms with van der Waals surface area (Å²) in [6, 6.07) is 7.41. The number of alkyl halides is 2. The molecule has 2 aromatic rings. The van der Waals surface area contributed by atoms with Gasteiger partial charge in [-0.15, -0.1) is 0 Å². The van der Waals surface area contributed by atoms with E-state index >= 15 is 0 Å². The Bertz CT molecular complexity index is 702. The van der Waals surface area contributed by atoms with E-state index in [0.717, 1.165) is 0 Å². The van der Waals surface area contributed by atoms with Crippen LogP contribution < -0.4 is 10.9 Å². The van der Waals surface area contributed by atoms with Gasteiger partial charge >= 0.3 is 0 Å². The summed E-state index contributed by atoms with van der Waals surface area (Å²) in [5.74, 6) is -3.24. The first kappa shape index (κ1) is 17.1. The predicted octanol–water partition coefficient (Wildman–Crippen LogP) is 2.14. The van der Waals surface area contributed by atoms with E-state index in [0.29, 0.717) is 18.7 Å². The van der Waals surface area contributed by atoms with Gasteiger partial charge in [-0.3, -0.25) is 4.79 Å². The lowest BCUT2D eigenvalue weighted by atomic mass is 10.1. The predicted molar refractivity (Wildman–Crippen MR) is 83.8 cm³/mol. The monoisotopic (exact) mass is 323 g/mol.